The van der Waals surface area contributed by atoms with E-state index in [0.29, 0.717) is 38.7 Å². The Labute approximate surface area is 316 Å². The van der Waals surface area contributed by atoms with Crippen LogP contribution in [0, 0.1) is 18.8 Å². The number of amides is 4. The van der Waals surface area contributed by atoms with Gasteiger partial charge in [0.15, 0.2) is 5.78 Å². The zero-order chi connectivity index (χ0) is 39.2. The highest BCUT2D eigenvalue weighted by Gasteiger charge is 2.50. The molecule has 0 aromatic heterocycles. The van der Waals surface area contributed by atoms with Crippen molar-refractivity contribution in [1.29, 1.82) is 0 Å². The lowest BCUT2D eigenvalue weighted by Gasteiger charge is -2.26. The summed E-state index contributed by atoms with van der Waals surface area (Å²) in [5.74, 6) is -1.73. The number of aryl methyl sites for hydroxylation is 2. The number of hydrogen-bond acceptors (Lipinski definition) is 8. The highest BCUT2D eigenvalue weighted by Crippen LogP contribution is 2.29. The van der Waals surface area contributed by atoms with E-state index in [1.165, 1.54) is 12.1 Å². The first-order valence-corrected chi connectivity index (χ1v) is 18.9. The molecule has 0 saturated carbocycles. The molecular formula is C41H63N5O7. The standard InChI is InChI=1S/C28H42N4O6.C7H8.C6H13NO/c1-6-19(4)24(32-26(36)21(30-17-33)13-12-20-10-8-7-9-11-20)27(37)29-15-23(34)31-22(14-18(2)3)25(35)28(5)16-38-28;1-7-5-3-2-4-6-7;1-2-7-3-5-8-6-4-7/h7-11,17-19,21-22,24H,6,12-16H2,1-5H3,(H,29,37)(H,30,33)(H,31,34)(H,32,36);2-6H,1H3;2-6H2,1H3/t19?,21-,22?,24?,28?;;/m0../s1. The smallest absolute Gasteiger partial charge is 0.243 e. The molecule has 2 saturated heterocycles. The number of benzene rings is 2. The van der Waals surface area contributed by atoms with E-state index in [1.54, 1.807) is 6.92 Å². The second-order valence-electron chi connectivity index (χ2n) is 14.3. The van der Waals surface area contributed by atoms with Gasteiger partial charge in [0.2, 0.25) is 24.1 Å². The first-order valence-electron chi connectivity index (χ1n) is 18.9. The van der Waals surface area contributed by atoms with Crippen LogP contribution >= 0.6 is 0 Å². The van der Waals surface area contributed by atoms with E-state index in [2.05, 4.69) is 52.1 Å². The minimum Gasteiger partial charge on any atom is -0.379 e. The number of rotatable bonds is 18. The van der Waals surface area contributed by atoms with Gasteiger partial charge in [-0.25, -0.2) is 0 Å². The van der Waals surface area contributed by atoms with Crippen molar-refractivity contribution >= 4 is 29.9 Å². The average Bonchev–Trinajstić information content (AvgIpc) is 3.92. The van der Waals surface area contributed by atoms with E-state index in [4.69, 9.17) is 9.47 Å². The molecule has 2 aromatic rings. The van der Waals surface area contributed by atoms with Crippen LogP contribution in [0.25, 0.3) is 0 Å². The molecule has 0 bridgehead atoms. The van der Waals surface area contributed by atoms with Crippen LogP contribution in [-0.2, 0) is 39.9 Å². The lowest BCUT2D eigenvalue weighted by atomic mass is 9.93. The fraction of sp³-hybridized carbons (Fsp3) is 0.585. The molecule has 0 spiro atoms. The molecule has 5 atom stereocenters. The Hall–Kier alpha value is -4.13. The number of hydrogen-bond donors (Lipinski definition) is 4. The van der Waals surface area contributed by atoms with E-state index in [-0.39, 0.29) is 24.2 Å². The highest BCUT2D eigenvalue weighted by atomic mass is 16.6. The lowest BCUT2D eigenvalue weighted by Crippen LogP contribution is -2.56. The maximum atomic E-state index is 13.0. The predicted octanol–water partition coefficient (Wildman–Crippen LogP) is 3.60. The minimum atomic E-state index is -0.903. The predicted molar refractivity (Wildman–Crippen MR) is 207 cm³/mol. The number of carbonyl (C=O) groups is 5. The third-order valence-electron chi connectivity index (χ3n) is 9.32. The maximum absolute atomic E-state index is 13.0. The van der Waals surface area contributed by atoms with Gasteiger partial charge in [-0.15, -0.1) is 0 Å². The topological polar surface area (TPSA) is 158 Å². The lowest BCUT2D eigenvalue weighted by molar-refractivity contribution is -0.133. The fourth-order valence-corrected chi connectivity index (χ4v) is 5.58. The summed E-state index contributed by atoms with van der Waals surface area (Å²) in [6.45, 7) is 18.8. The zero-order valence-electron chi connectivity index (χ0n) is 32.8. The third kappa shape index (κ3) is 17.5. The summed E-state index contributed by atoms with van der Waals surface area (Å²) in [6, 6.07) is 17.4. The summed E-state index contributed by atoms with van der Waals surface area (Å²) in [6.07, 6.45) is 2.46. The van der Waals surface area contributed by atoms with Crippen molar-refractivity contribution < 1.29 is 33.4 Å². The number of nitrogens with zero attached hydrogens (tertiary/aromatic N) is 1. The summed E-state index contributed by atoms with van der Waals surface area (Å²) in [7, 11) is 0. The van der Waals surface area contributed by atoms with Crippen LogP contribution in [0.3, 0.4) is 0 Å². The number of ether oxygens (including phenoxy) is 2. The van der Waals surface area contributed by atoms with Crippen molar-refractivity contribution in [3.8, 4) is 0 Å². The van der Waals surface area contributed by atoms with Gasteiger partial charge in [-0.3, -0.25) is 28.9 Å². The molecule has 2 aliphatic heterocycles. The SMILES string of the molecule is CCC(C)C(NC(=O)[C@H](CCc1ccccc1)NC=O)C(=O)NCC(=O)NC(CC(C)C)C(=O)C1(C)CO1.CCN1CCOCC1.Cc1ccccc1. The Bertz CT molecular complexity index is 1380. The molecular weight excluding hydrogens is 674 g/mol. The summed E-state index contributed by atoms with van der Waals surface area (Å²) in [4.78, 5) is 65.0. The molecule has 2 heterocycles. The molecule has 2 aromatic carbocycles. The number of ketones is 1. The second-order valence-corrected chi connectivity index (χ2v) is 14.3. The van der Waals surface area contributed by atoms with Crippen LogP contribution in [0.5, 0.6) is 0 Å². The number of carbonyl (C=O) groups excluding carboxylic acids is 5. The van der Waals surface area contributed by atoms with Crippen molar-refractivity contribution in [3.63, 3.8) is 0 Å². The van der Waals surface area contributed by atoms with E-state index >= 15 is 0 Å². The van der Waals surface area contributed by atoms with Crippen LogP contribution < -0.4 is 21.3 Å². The number of epoxide rings is 1. The first-order chi connectivity index (χ1) is 25.3. The molecule has 4 amide bonds. The van der Waals surface area contributed by atoms with Crippen molar-refractivity contribution in [2.75, 3.05) is 46.0 Å². The normalized spacial score (nSPS) is 18.6. The molecule has 53 heavy (non-hydrogen) atoms. The number of likely N-dealkylation sites (N-methyl/N-ethyl adjacent to an activating group) is 1. The van der Waals surface area contributed by atoms with Gasteiger partial charge in [-0.1, -0.05) is 107 Å². The van der Waals surface area contributed by atoms with Crippen LogP contribution in [0.1, 0.15) is 71.9 Å². The largest absolute Gasteiger partial charge is 0.379 e. The average molecular weight is 738 g/mol. The van der Waals surface area contributed by atoms with Crippen LogP contribution in [-0.4, -0.2) is 105 Å². The minimum absolute atomic E-state index is 0.168. The van der Waals surface area contributed by atoms with E-state index < -0.39 is 41.4 Å². The van der Waals surface area contributed by atoms with E-state index in [1.807, 2.05) is 76.2 Å². The van der Waals surface area contributed by atoms with Gasteiger partial charge in [0.05, 0.1) is 32.4 Å². The van der Waals surface area contributed by atoms with Crippen molar-refractivity contribution in [2.24, 2.45) is 11.8 Å². The van der Waals surface area contributed by atoms with Crippen molar-refractivity contribution in [3.05, 3.63) is 71.8 Å². The molecule has 0 aliphatic carbocycles. The van der Waals surface area contributed by atoms with Gasteiger partial charge in [0, 0.05) is 13.1 Å². The molecule has 12 heteroatoms. The van der Waals surface area contributed by atoms with E-state index in [9.17, 15) is 24.0 Å². The molecule has 4 unspecified atom stereocenters. The Morgan fingerprint density at radius 1 is 0.887 bits per heavy atom. The van der Waals surface area contributed by atoms with Gasteiger partial charge in [0.1, 0.15) is 17.7 Å². The Kier molecular flexibility index (Phi) is 20.6. The first kappa shape index (κ1) is 45.0. The Balaban J connectivity index is 0.000000527. The highest BCUT2D eigenvalue weighted by molar-refractivity contribution is 5.97. The molecule has 4 N–H and O–H groups in total. The molecule has 2 aliphatic rings. The fourth-order valence-electron chi connectivity index (χ4n) is 5.58. The summed E-state index contributed by atoms with van der Waals surface area (Å²) >= 11 is 0. The van der Waals surface area contributed by atoms with E-state index in [0.717, 1.165) is 31.9 Å². The van der Waals surface area contributed by atoms with Gasteiger partial charge >= 0.3 is 0 Å². The number of Topliss-reactive ketones (excluding diaryl/α,β-unsaturated/α-hetero) is 1. The maximum Gasteiger partial charge on any atom is 0.243 e. The van der Waals surface area contributed by atoms with Gasteiger partial charge in [0.25, 0.3) is 0 Å². The molecule has 4 rings (SSSR count). The molecule has 2 fully saturated rings. The van der Waals surface area contributed by atoms with Gasteiger partial charge in [-0.2, -0.15) is 0 Å². The van der Waals surface area contributed by atoms with Crippen LogP contribution in [0.4, 0.5) is 0 Å². The van der Waals surface area contributed by atoms with Crippen LogP contribution in [0.15, 0.2) is 60.7 Å². The van der Waals surface area contributed by atoms with Crippen molar-refractivity contribution in [2.45, 2.75) is 97.9 Å². The number of morpholine rings is 1. The van der Waals surface area contributed by atoms with Crippen molar-refractivity contribution in [1.82, 2.24) is 26.2 Å². The summed E-state index contributed by atoms with van der Waals surface area (Å²) in [5.41, 5.74) is 1.48. The summed E-state index contributed by atoms with van der Waals surface area (Å²) < 4.78 is 10.4. The molecule has 0 radical (unpaired) electrons. The molecule has 12 nitrogen and oxygen atoms in total. The Morgan fingerprint density at radius 2 is 1.49 bits per heavy atom. The monoisotopic (exact) mass is 737 g/mol. The van der Waals surface area contributed by atoms with Gasteiger partial charge in [-0.05, 0) is 57.1 Å². The van der Waals surface area contributed by atoms with Gasteiger partial charge < -0.3 is 30.7 Å². The van der Waals surface area contributed by atoms with Crippen LogP contribution in [0.2, 0.25) is 0 Å². The molecule has 294 valence electrons. The third-order valence-corrected chi connectivity index (χ3v) is 9.32. The number of nitrogens with one attached hydrogen (secondary N) is 4. The second kappa shape index (κ2) is 24.2. The summed E-state index contributed by atoms with van der Waals surface area (Å²) in [5, 5.41) is 10.6. The quantitative estimate of drug-likeness (QED) is 0.134. The Morgan fingerprint density at radius 3 is 1.96 bits per heavy atom. The zero-order valence-corrected chi connectivity index (χ0v) is 32.8.